The Hall–Kier alpha value is -0.660. The van der Waals surface area contributed by atoms with E-state index in [9.17, 15) is 18.3 Å². The van der Waals surface area contributed by atoms with Gasteiger partial charge in [0.05, 0.1) is 17.6 Å². The highest BCUT2D eigenvalue weighted by Crippen LogP contribution is 2.09. The number of carbonyl (C=O) groups is 1. The van der Waals surface area contributed by atoms with E-state index in [-0.39, 0.29) is 24.0 Å². The summed E-state index contributed by atoms with van der Waals surface area (Å²) in [6.45, 7) is 1.77. The minimum absolute atomic E-state index is 0.0208. The summed E-state index contributed by atoms with van der Waals surface area (Å²) in [6.07, 6.45) is 1.20. The molecule has 1 aliphatic heterocycles. The quantitative estimate of drug-likeness (QED) is 0.623. The van der Waals surface area contributed by atoms with Crippen molar-refractivity contribution in [3.63, 3.8) is 0 Å². The number of rotatable bonds is 6. The molecule has 0 aliphatic carbocycles. The standard InChI is InChI=1S/C10H20N2O4S/c11-10(14)3-6-17(15,16)7-5-12-4-1-2-9(13)8-12/h9,13H,1-8H2,(H2,11,14). The Labute approximate surface area is 102 Å². The predicted molar refractivity (Wildman–Crippen MR) is 64.1 cm³/mol. The van der Waals surface area contributed by atoms with E-state index in [0.29, 0.717) is 13.1 Å². The number of carbonyl (C=O) groups excluding carboxylic acids is 1. The molecule has 1 atom stereocenters. The third-order valence-electron chi connectivity index (χ3n) is 2.86. The second-order valence-electron chi connectivity index (χ2n) is 4.46. The van der Waals surface area contributed by atoms with Crippen LogP contribution in [0, 0.1) is 0 Å². The molecule has 1 amide bonds. The average Bonchev–Trinajstić information content (AvgIpc) is 2.24. The number of sulfone groups is 1. The van der Waals surface area contributed by atoms with Crippen LogP contribution < -0.4 is 5.73 Å². The van der Waals surface area contributed by atoms with Crippen LogP contribution in [0.2, 0.25) is 0 Å². The van der Waals surface area contributed by atoms with Crippen LogP contribution in [0.3, 0.4) is 0 Å². The number of β-amino-alcohol motifs (C(OH)–C–C–N with tert-alkyl or cyclic N) is 1. The fourth-order valence-electron chi connectivity index (χ4n) is 1.86. The van der Waals surface area contributed by atoms with Crippen molar-refractivity contribution < 1.29 is 18.3 Å². The molecule has 1 rings (SSSR count). The molecule has 1 fully saturated rings. The number of aliphatic hydroxyl groups excluding tert-OH is 1. The molecule has 17 heavy (non-hydrogen) atoms. The van der Waals surface area contributed by atoms with Gasteiger partial charge < -0.3 is 10.8 Å². The van der Waals surface area contributed by atoms with E-state index in [1.165, 1.54) is 0 Å². The van der Waals surface area contributed by atoms with Gasteiger partial charge in [0, 0.05) is 19.5 Å². The molecule has 0 radical (unpaired) electrons. The normalized spacial score (nSPS) is 22.5. The largest absolute Gasteiger partial charge is 0.392 e. The van der Waals surface area contributed by atoms with Gasteiger partial charge in [0.2, 0.25) is 5.91 Å². The molecule has 0 bridgehead atoms. The van der Waals surface area contributed by atoms with Gasteiger partial charge in [-0.1, -0.05) is 0 Å². The maximum absolute atomic E-state index is 11.6. The van der Waals surface area contributed by atoms with Gasteiger partial charge in [-0.05, 0) is 19.4 Å². The number of piperidine rings is 1. The summed E-state index contributed by atoms with van der Waals surface area (Å²) in [5.41, 5.74) is 4.91. The highest BCUT2D eigenvalue weighted by atomic mass is 32.2. The molecular weight excluding hydrogens is 244 g/mol. The summed E-state index contributed by atoms with van der Waals surface area (Å²) in [4.78, 5) is 12.4. The Kier molecular flexibility index (Phi) is 5.35. The fraction of sp³-hybridized carbons (Fsp3) is 0.900. The lowest BCUT2D eigenvalue weighted by Gasteiger charge is -2.29. The van der Waals surface area contributed by atoms with Crippen molar-refractivity contribution in [1.29, 1.82) is 0 Å². The van der Waals surface area contributed by atoms with Crippen LogP contribution in [-0.4, -0.2) is 61.6 Å². The van der Waals surface area contributed by atoms with Crippen LogP contribution in [0.4, 0.5) is 0 Å². The van der Waals surface area contributed by atoms with Crippen molar-refractivity contribution in [3.8, 4) is 0 Å². The lowest BCUT2D eigenvalue weighted by Crippen LogP contribution is -2.40. The minimum atomic E-state index is -3.22. The summed E-state index contributed by atoms with van der Waals surface area (Å²) in [5, 5.41) is 9.43. The monoisotopic (exact) mass is 264 g/mol. The summed E-state index contributed by atoms with van der Waals surface area (Å²) in [6, 6.07) is 0. The SMILES string of the molecule is NC(=O)CCS(=O)(=O)CCN1CCCC(O)C1. The third kappa shape index (κ3) is 5.99. The average molecular weight is 264 g/mol. The van der Waals surface area contributed by atoms with Crippen LogP contribution in [0.25, 0.3) is 0 Å². The van der Waals surface area contributed by atoms with Gasteiger partial charge in [0.15, 0.2) is 9.84 Å². The number of hydrogen-bond acceptors (Lipinski definition) is 5. The van der Waals surface area contributed by atoms with Gasteiger partial charge in [-0.2, -0.15) is 0 Å². The molecule has 0 spiro atoms. The Morgan fingerprint density at radius 2 is 2.12 bits per heavy atom. The molecule has 1 aliphatic rings. The van der Waals surface area contributed by atoms with E-state index >= 15 is 0 Å². The topological polar surface area (TPSA) is 101 Å². The summed E-state index contributed by atoms with van der Waals surface area (Å²) >= 11 is 0. The molecule has 0 aromatic rings. The zero-order chi connectivity index (χ0) is 12.9. The van der Waals surface area contributed by atoms with Crippen LogP contribution in [-0.2, 0) is 14.6 Å². The smallest absolute Gasteiger partial charge is 0.218 e. The highest BCUT2D eigenvalue weighted by Gasteiger charge is 2.20. The maximum atomic E-state index is 11.6. The van der Waals surface area contributed by atoms with E-state index in [1.54, 1.807) is 0 Å². The highest BCUT2D eigenvalue weighted by molar-refractivity contribution is 7.91. The Morgan fingerprint density at radius 1 is 1.41 bits per heavy atom. The number of nitrogens with two attached hydrogens (primary N) is 1. The fourth-order valence-corrected chi connectivity index (χ4v) is 3.11. The van der Waals surface area contributed by atoms with Gasteiger partial charge in [-0.15, -0.1) is 0 Å². The molecule has 1 saturated heterocycles. The number of aliphatic hydroxyl groups is 1. The van der Waals surface area contributed by atoms with E-state index in [0.717, 1.165) is 19.4 Å². The number of primary amides is 1. The Morgan fingerprint density at radius 3 is 2.71 bits per heavy atom. The first-order valence-corrected chi connectivity index (χ1v) is 7.60. The van der Waals surface area contributed by atoms with Gasteiger partial charge >= 0.3 is 0 Å². The van der Waals surface area contributed by atoms with Crippen LogP contribution >= 0.6 is 0 Å². The van der Waals surface area contributed by atoms with Crippen molar-refractivity contribution in [2.75, 3.05) is 31.1 Å². The molecule has 1 heterocycles. The van der Waals surface area contributed by atoms with Crippen molar-refractivity contribution in [2.45, 2.75) is 25.4 Å². The molecule has 1 unspecified atom stereocenters. The number of likely N-dealkylation sites (tertiary alicyclic amines) is 1. The number of amides is 1. The van der Waals surface area contributed by atoms with Gasteiger partial charge in [-0.3, -0.25) is 9.69 Å². The molecular formula is C10H20N2O4S. The van der Waals surface area contributed by atoms with Crippen molar-refractivity contribution in [2.24, 2.45) is 5.73 Å². The van der Waals surface area contributed by atoms with E-state index in [4.69, 9.17) is 5.73 Å². The molecule has 7 heteroatoms. The minimum Gasteiger partial charge on any atom is -0.392 e. The maximum Gasteiger partial charge on any atom is 0.218 e. The van der Waals surface area contributed by atoms with Crippen molar-refractivity contribution in [1.82, 2.24) is 4.90 Å². The molecule has 0 saturated carbocycles. The van der Waals surface area contributed by atoms with Crippen LogP contribution in [0.1, 0.15) is 19.3 Å². The lowest BCUT2D eigenvalue weighted by molar-refractivity contribution is -0.117. The van der Waals surface area contributed by atoms with Crippen LogP contribution in [0.5, 0.6) is 0 Å². The predicted octanol–water partition coefficient (Wildman–Crippen LogP) is -1.27. The zero-order valence-electron chi connectivity index (χ0n) is 9.84. The van der Waals surface area contributed by atoms with E-state index in [1.807, 2.05) is 4.90 Å². The lowest BCUT2D eigenvalue weighted by atomic mass is 10.1. The summed E-state index contributed by atoms with van der Waals surface area (Å²) < 4.78 is 23.1. The molecule has 0 aromatic heterocycles. The first-order valence-electron chi connectivity index (χ1n) is 5.78. The van der Waals surface area contributed by atoms with Gasteiger partial charge in [-0.25, -0.2) is 8.42 Å². The summed E-state index contributed by atoms with van der Waals surface area (Å²) in [5.74, 6) is -0.756. The second kappa shape index (κ2) is 6.32. The zero-order valence-corrected chi connectivity index (χ0v) is 10.7. The first-order chi connectivity index (χ1) is 7.89. The summed E-state index contributed by atoms with van der Waals surface area (Å²) in [7, 11) is -3.22. The first kappa shape index (κ1) is 14.4. The molecule has 0 aromatic carbocycles. The molecule has 3 N–H and O–H groups in total. The van der Waals surface area contributed by atoms with Crippen molar-refractivity contribution >= 4 is 15.7 Å². The molecule has 100 valence electrons. The Balaban J connectivity index is 2.31. The van der Waals surface area contributed by atoms with Crippen LogP contribution in [0.15, 0.2) is 0 Å². The van der Waals surface area contributed by atoms with Crippen molar-refractivity contribution in [3.05, 3.63) is 0 Å². The molecule has 6 nitrogen and oxygen atoms in total. The third-order valence-corrected chi connectivity index (χ3v) is 4.49. The second-order valence-corrected chi connectivity index (χ2v) is 6.77. The van der Waals surface area contributed by atoms with Gasteiger partial charge in [0.25, 0.3) is 0 Å². The van der Waals surface area contributed by atoms with Gasteiger partial charge in [0.1, 0.15) is 0 Å². The number of nitrogens with zero attached hydrogens (tertiary/aromatic N) is 1. The van der Waals surface area contributed by atoms with E-state index in [2.05, 4.69) is 0 Å². The van der Waals surface area contributed by atoms with E-state index < -0.39 is 15.7 Å². The number of hydrogen-bond donors (Lipinski definition) is 2. The Bertz CT molecular complexity index is 355.